The molecular formula is C27H24BrN3O5. The number of hydrogen-bond donors (Lipinski definition) is 1. The Bertz CT molecular complexity index is 1270. The van der Waals surface area contributed by atoms with Gasteiger partial charge in [0.2, 0.25) is 5.91 Å². The molecule has 0 spiro atoms. The molecule has 4 rings (SSSR count). The number of imide groups is 1. The molecule has 0 saturated carbocycles. The van der Waals surface area contributed by atoms with Gasteiger partial charge in [-0.25, -0.2) is 0 Å². The lowest BCUT2D eigenvalue weighted by molar-refractivity contribution is -0.384. The van der Waals surface area contributed by atoms with Gasteiger partial charge in [0.1, 0.15) is 6.04 Å². The van der Waals surface area contributed by atoms with Gasteiger partial charge in [-0.15, -0.1) is 0 Å². The quantitative estimate of drug-likeness (QED) is 0.181. The summed E-state index contributed by atoms with van der Waals surface area (Å²) in [5.74, 6) is -1.56. The first-order valence-electron chi connectivity index (χ1n) is 11.5. The molecule has 0 fully saturated rings. The third kappa shape index (κ3) is 5.21. The van der Waals surface area contributed by atoms with E-state index >= 15 is 0 Å². The Morgan fingerprint density at radius 3 is 2.03 bits per heavy atom. The molecule has 8 nitrogen and oxygen atoms in total. The number of nitrogens with zero attached hydrogens (tertiary/aromatic N) is 2. The van der Waals surface area contributed by atoms with E-state index in [0.717, 1.165) is 27.8 Å². The number of amides is 3. The molecule has 0 saturated heterocycles. The summed E-state index contributed by atoms with van der Waals surface area (Å²) in [4.78, 5) is 51.4. The summed E-state index contributed by atoms with van der Waals surface area (Å²) < 4.78 is 0. The molecule has 3 aromatic rings. The van der Waals surface area contributed by atoms with Crippen molar-refractivity contribution < 1.29 is 19.3 Å². The fourth-order valence-corrected chi connectivity index (χ4v) is 4.70. The lowest BCUT2D eigenvalue weighted by atomic mass is 10.0. The van der Waals surface area contributed by atoms with Gasteiger partial charge in [0.25, 0.3) is 17.5 Å². The number of alkyl halides is 1. The standard InChI is InChI=1S/C27H24BrN3O5/c1-17(20-10-6-18(7-11-20)14-15-28)29-25(32)24(16-19-8-12-21(13-9-19)31(35)36)30-26(33)22-4-2-3-5-23(22)27(30)34/h2-13,17,24H,14-16H2,1H3,(H,29,32)/t17-,24-/m0/s1. The van der Waals surface area contributed by atoms with Crippen LogP contribution in [0.5, 0.6) is 0 Å². The topological polar surface area (TPSA) is 110 Å². The molecule has 3 aromatic carbocycles. The smallest absolute Gasteiger partial charge is 0.269 e. The Balaban J connectivity index is 1.61. The summed E-state index contributed by atoms with van der Waals surface area (Å²) in [6.07, 6.45) is 0.907. The van der Waals surface area contributed by atoms with Crippen LogP contribution in [0.25, 0.3) is 0 Å². The molecule has 0 radical (unpaired) electrons. The van der Waals surface area contributed by atoms with Crippen molar-refractivity contribution in [2.75, 3.05) is 5.33 Å². The molecule has 1 N–H and O–H groups in total. The van der Waals surface area contributed by atoms with E-state index in [1.54, 1.807) is 24.3 Å². The Kier molecular flexibility index (Phi) is 7.59. The second-order valence-corrected chi connectivity index (χ2v) is 9.37. The van der Waals surface area contributed by atoms with Gasteiger partial charge >= 0.3 is 0 Å². The number of rotatable bonds is 9. The summed E-state index contributed by atoms with van der Waals surface area (Å²) in [7, 11) is 0. The van der Waals surface area contributed by atoms with Crippen LogP contribution in [0.4, 0.5) is 5.69 Å². The molecule has 9 heteroatoms. The van der Waals surface area contributed by atoms with Gasteiger partial charge in [-0.2, -0.15) is 0 Å². The summed E-state index contributed by atoms with van der Waals surface area (Å²) in [6.45, 7) is 1.84. The zero-order valence-electron chi connectivity index (χ0n) is 19.5. The number of nitrogens with one attached hydrogen (secondary N) is 1. The number of carbonyl (C=O) groups is 3. The number of nitro benzene ring substituents is 1. The molecule has 1 aliphatic rings. The monoisotopic (exact) mass is 549 g/mol. The van der Waals surface area contributed by atoms with Crippen LogP contribution >= 0.6 is 15.9 Å². The normalized spacial score (nSPS) is 14.3. The Morgan fingerprint density at radius 1 is 0.944 bits per heavy atom. The number of non-ortho nitro benzene ring substituents is 1. The largest absolute Gasteiger partial charge is 0.348 e. The minimum atomic E-state index is -1.13. The SMILES string of the molecule is C[C@H](NC(=O)[C@H](Cc1ccc([N+](=O)[O-])cc1)N1C(=O)c2ccccc2C1=O)c1ccc(CCBr)cc1. The van der Waals surface area contributed by atoms with E-state index in [0.29, 0.717) is 5.56 Å². The lowest BCUT2D eigenvalue weighted by Crippen LogP contribution is -2.51. The third-order valence-corrected chi connectivity index (χ3v) is 6.63. The summed E-state index contributed by atoms with van der Waals surface area (Å²) in [6, 6.07) is 18.6. The van der Waals surface area contributed by atoms with Crippen LogP contribution in [0, 0.1) is 10.1 Å². The van der Waals surface area contributed by atoms with Crippen molar-refractivity contribution in [1.82, 2.24) is 10.2 Å². The second-order valence-electron chi connectivity index (χ2n) is 8.58. The predicted octanol–water partition coefficient (Wildman–Crippen LogP) is 4.62. The molecule has 3 amide bonds. The molecule has 0 unspecified atom stereocenters. The Labute approximate surface area is 216 Å². The van der Waals surface area contributed by atoms with Gasteiger partial charge in [-0.1, -0.05) is 64.5 Å². The van der Waals surface area contributed by atoms with E-state index < -0.39 is 28.7 Å². The highest BCUT2D eigenvalue weighted by molar-refractivity contribution is 9.09. The van der Waals surface area contributed by atoms with Gasteiger partial charge in [0, 0.05) is 23.9 Å². The van der Waals surface area contributed by atoms with Crippen molar-refractivity contribution in [3.63, 3.8) is 0 Å². The third-order valence-electron chi connectivity index (χ3n) is 6.24. The number of halogens is 1. The molecule has 1 aliphatic heterocycles. The van der Waals surface area contributed by atoms with Crippen molar-refractivity contribution in [2.45, 2.75) is 31.8 Å². The Hall–Kier alpha value is -3.85. The van der Waals surface area contributed by atoms with Gasteiger partial charge in [0.15, 0.2) is 0 Å². The van der Waals surface area contributed by atoms with Crippen molar-refractivity contribution in [1.29, 1.82) is 0 Å². The van der Waals surface area contributed by atoms with Gasteiger partial charge in [0.05, 0.1) is 22.1 Å². The second kappa shape index (κ2) is 10.8. The van der Waals surface area contributed by atoms with Gasteiger partial charge < -0.3 is 5.32 Å². The molecule has 1 heterocycles. The van der Waals surface area contributed by atoms with E-state index in [9.17, 15) is 24.5 Å². The summed E-state index contributed by atoms with van der Waals surface area (Å²) in [5, 5.41) is 14.8. The molecule has 36 heavy (non-hydrogen) atoms. The minimum Gasteiger partial charge on any atom is -0.348 e. The number of aryl methyl sites for hydroxylation is 1. The maximum atomic E-state index is 13.5. The summed E-state index contributed by atoms with van der Waals surface area (Å²) >= 11 is 3.42. The fourth-order valence-electron chi connectivity index (χ4n) is 4.24. The number of nitro groups is 1. The number of fused-ring (bicyclic) bond motifs is 1. The molecule has 0 aliphatic carbocycles. The first-order chi connectivity index (χ1) is 17.3. The number of benzene rings is 3. The van der Waals surface area contributed by atoms with Crippen molar-refractivity contribution in [3.8, 4) is 0 Å². The van der Waals surface area contributed by atoms with Crippen LogP contribution in [-0.4, -0.2) is 38.9 Å². The molecule has 0 bridgehead atoms. The van der Waals surface area contributed by atoms with E-state index in [-0.39, 0.29) is 29.3 Å². The first kappa shape index (κ1) is 25.2. The van der Waals surface area contributed by atoms with Crippen LogP contribution in [0.3, 0.4) is 0 Å². The molecule has 2 atom stereocenters. The van der Waals surface area contributed by atoms with Crippen LogP contribution < -0.4 is 5.32 Å². The lowest BCUT2D eigenvalue weighted by Gasteiger charge is -2.27. The average molecular weight is 550 g/mol. The zero-order chi connectivity index (χ0) is 25.8. The van der Waals surface area contributed by atoms with E-state index in [1.807, 2.05) is 31.2 Å². The van der Waals surface area contributed by atoms with Crippen molar-refractivity contribution in [3.05, 3.63) is 111 Å². The maximum Gasteiger partial charge on any atom is 0.269 e. The van der Waals surface area contributed by atoms with Crippen LogP contribution in [-0.2, 0) is 17.6 Å². The number of hydrogen-bond acceptors (Lipinski definition) is 5. The Morgan fingerprint density at radius 2 is 1.50 bits per heavy atom. The van der Waals surface area contributed by atoms with Crippen molar-refractivity contribution >= 4 is 39.3 Å². The first-order valence-corrected chi connectivity index (χ1v) is 12.6. The summed E-state index contributed by atoms with van der Waals surface area (Å²) in [5.41, 5.74) is 3.05. The van der Waals surface area contributed by atoms with Crippen LogP contribution in [0.15, 0.2) is 72.8 Å². The van der Waals surface area contributed by atoms with Gasteiger partial charge in [-0.05, 0) is 42.2 Å². The highest BCUT2D eigenvalue weighted by Crippen LogP contribution is 2.27. The zero-order valence-corrected chi connectivity index (χ0v) is 21.1. The van der Waals surface area contributed by atoms with Crippen LogP contribution in [0.2, 0.25) is 0 Å². The average Bonchev–Trinajstić information content (AvgIpc) is 3.13. The highest BCUT2D eigenvalue weighted by atomic mass is 79.9. The predicted molar refractivity (Wildman–Crippen MR) is 138 cm³/mol. The number of carbonyl (C=O) groups excluding carboxylic acids is 3. The molecule has 0 aromatic heterocycles. The molecule has 184 valence electrons. The van der Waals surface area contributed by atoms with Crippen LogP contribution in [0.1, 0.15) is 50.4 Å². The van der Waals surface area contributed by atoms with E-state index in [4.69, 9.17) is 0 Å². The molecular weight excluding hydrogens is 526 g/mol. The maximum absolute atomic E-state index is 13.5. The van der Waals surface area contributed by atoms with Crippen molar-refractivity contribution in [2.24, 2.45) is 0 Å². The van der Waals surface area contributed by atoms with Gasteiger partial charge in [-0.3, -0.25) is 29.4 Å². The van der Waals surface area contributed by atoms with E-state index in [1.165, 1.54) is 24.3 Å². The fraction of sp³-hybridized carbons (Fsp3) is 0.222. The highest BCUT2D eigenvalue weighted by Gasteiger charge is 2.42. The minimum absolute atomic E-state index is 0.0200. The van der Waals surface area contributed by atoms with E-state index in [2.05, 4.69) is 21.2 Å².